The van der Waals surface area contributed by atoms with Gasteiger partial charge in [-0.2, -0.15) is 0 Å². The van der Waals surface area contributed by atoms with E-state index < -0.39 is 16.1 Å². The summed E-state index contributed by atoms with van der Waals surface area (Å²) in [6.45, 7) is 0. The first-order chi connectivity index (χ1) is 26.8. The van der Waals surface area contributed by atoms with E-state index in [0.717, 1.165) is 0 Å². The van der Waals surface area contributed by atoms with Crippen LogP contribution in [-0.4, -0.2) is 16.1 Å². The van der Waals surface area contributed by atoms with Crippen LogP contribution >= 0.6 is 0 Å². The molecule has 0 saturated carbocycles. The molecule has 0 spiro atoms. The molecule has 0 atom stereocenters. The summed E-state index contributed by atoms with van der Waals surface area (Å²) in [5.74, 6) is 0. The normalized spacial score (nSPS) is 28.0. The van der Waals surface area contributed by atoms with Crippen molar-refractivity contribution in [3.8, 4) is 0 Å². The van der Waals surface area contributed by atoms with Crippen molar-refractivity contribution in [2.45, 2.75) is 267 Å². The standard InChI is InChI=1S/C52H90Si2/c1-2-8-14-20-26-34-44-54-47-37-29-23-17-11-5-3-9-15-21-27-35-45-53(43-33-25-19-13-7-1,51-41-42-52(54)50-40-32-31-39-49(50)51)46-36-28-22-16-10-4-6-12-18-24-30-38-48-54/h31-32,39-42H,1-30,33-38,43-48H2. The molecule has 0 aliphatic carbocycles. The number of hydrogen-bond donors (Lipinski definition) is 0. The van der Waals surface area contributed by atoms with Gasteiger partial charge in [-0.25, -0.2) is 0 Å². The van der Waals surface area contributed by atoms with Gasteiger partial charge in [0.1, 0.15) is 0 Å². The summed E-state index contributed by atoms with van der Waals surface area (Å²) >= 11 is 0. The van der Waals surface area contributed by atoms with Gasteiger partial charge in [-0.05, 0) is 10.8 Å². The van der Waals surface area contributed by atoms with Crippen molar-refractivity contribution < 1.29 is 0 Å². The molecule has 306 valence electrons. The smallest absolute Gasteiger partial charge is 0.0625 e. The van der Waals surface area contributed by atoms with Gasteiger partial charge in [-0.1, -0.05) is 314 Å². The van der Waals surface area contributed by atoms with Gasteiger partial charge in [-0.3, -0.25) is 0 Å². The van der Waals surface area contributed by atoms with Gasteiger partial charge < -0.3 is 0 Å². The summed E-state index contributed by atoms with van der Waals surface area (Å²) in [6.07, 6.45) is 53.6. The highest BCUT2D eigenvalue weighted by Crippen LogP contribution is 2.36. The highest BCUT2D eigenvalue weighted by molar-refractivity contribution is 6.95. The molecule has 0 unspecified atom stereocenters. The van der Waals surface area contributed by atoms with Crippen LogP contribution in [0.3, 0.4) is 0 Å². The minimum atomic E-state index is -1.69. The Morgan fingerprint density at radius 1 is 0.204 bits per heavy atom. The molecule has 3 aliphatic heterocycles. The Balaban J connectivity index is 1.59. The first kappa shape index (κ1) is 44.2. The van der Waals surface area contributed by atoms with Gasteiger partial charge in [0.2, 0.25) is 0 Å². The predicted octanol–water partition coefficient (Wildman–Crippen LogP) is 17.2. The minimum absolute atomic E-state index is 1.48. The molecule has 0 nitrogen and oxygen atoms in total. The van der Waals surface area contributed by atoms with Crippen molar-refractivity contribution in [1.82, 2.24) is 0 Å². The second-order valence-corrected chi connectivity index (χ2v) is 28.7. The van der Waals surface area contributed by atoms with E-state index in [1.165, 1.54) is 231 Å². The lowest BCUT2D eigenvalue weighted by molar-refractivity contribution is 0.540. The molecule has 4 bridgehead atoms. The largest absolute Gasteiger partial charge is 0.0875 e. The summed E-state index contributed by atoms with van der Waals surface area (Å²) in [5.41, 5.74) is 0. The van der Waals surface area contributed by atoms with Gasteiger partial charge in [-0.15, -0.1) is 0 Å². The quantitative estimate of drug-likeness (QED) is 0.234. The Kier molecular flexibility index (Phi) is 22.1. The fraction of sp³-hybridized carbons (Fsp3) is 0.808. The van der Waals surface area contributed by atoms with E-state index in [-0.39, 0.29) is 0 Å². The van der Waals surface area contributed by atoms with E-state index >= 15 is 0 Å². The van der Waals surface area contributed by atoms with Crippen molar-refractivity contribution in [3.05, 3.63) is 36.4 Å². The lowest BCUT2D eigenvalue weighted by Gasteiger charge is -2.38. The van der Waals surface area contributed by atoms with E-state index in [1.807, 2.05) is 10.4 Å². The Morgan fingerprint density at radius 2 is 0.370 bits per heavy atom. The number of benzene rings is 2. The third-order valence-corrected chi connectivity index (χ3v) is 26.3. The SMILES string of the molecule is c1ccc2c3ccc(c2c1)[Si]12CCCCCCCCCCCCCC[Si]3(CCCCCCCCCCCCCC1)CCCCCCCCCCCCCC2. The van der Waals surface area contributed by atoms with Crippen LogP contribution < -0.4 is 10.4 Å². The molecule has 0 fully saturated rings. The first-order valence-electron chi connectivity index (χ1n) is 25.4. The van der Waals surface area contributed by atoms with E-state index in [9.17, 15) is 0 Å². The maximum Gasteiger partial charge on any atom is 0.0875 e. The molecule has 0 aromatic heterocycles. The third kappa shape index (κ3) is 15.1. The van der Waals surface area contributed by atoms with E-state index in [1.54, 1.807) is 47.0 Å². The highest BCUT2D eigenvalue weighted by atomic mass is 28.3. The van der Waals surface area contributed by atoms with Gasteiger partial charge in [0.15, 0.2) is 0 Å². The molecule has 0 saturated heterocycles. The highest BCUT2D eigenvalue weighted by Gasteiger charge is 2.39. The molecule has 2 aromatic carbocycles. The van der Waals surface area contributed by atoms with E-state index in [0.29, 0.717) is 0 Å². The summed E-state index contributed by atoms with van der Waals surface area (Å²) in [7, 11) is -3.39. The number of hydrogen-bond acceptors (Lipinski definition) is 0. The van der Waals surface area contributed by atoms with Crippen molar-refractivity contribution in [3.63, 3.8) is 0 Å². The average Bonchev–Trinajstić information content (AvgIpc) is 3.19. The van der Waals surface area contributed by atoms with Crippen molar-refractivity contribution >= 4 is 37.3 Å². The fourth-order valence-corrected chi connectivity index (χ4v) is 23.0. The van der Waals surface area contributed by atoms with Crippen LogP contribution in [0.1, 0.15) is 231 Å². The predicted molar refractivity (Wildman–Crippen MR) is 250 cm³/mol. The van der Waals surface area contributed by atoms with Crippen LogP contribution in [0, 0.1) is 0 Å². The third-order valence-electron chi connectivity index (χ3n) is 15.2. The number of rotatable bonds is 0. The Labute approximate surface area is 339 Å². The lowest BCUT2D eigenvalue weighted by Crippen LogP contribution is -2.51. The van der Waals surface area contributed by atoms with Crippen molar-refractivity contribution in [1.29, 1.82) is 0 Å². The topological polar surface area (TPSA) is 0 Å². The van der Waals surface area contributed by atoms with Gasteiger partial charge in [0, 0.05) is 0 Å². The lowest BCUT2D eigenvalue weighted by atomic mass is 10.1. The van der Waals surface area contributed by atoms with Crippen LogP contribution in [0.2, 0.25) is 36.3 Å². The number of fused-ring (bicyclic) bond motifs is 1. The van der Waals surface area contributed by atoms with Crippen LogP contribution in [0.15, 0.2) is 36.4 Å². The molecule has 3 heterocycles. The molecule has 0 amide bonds. The zero-order valence-corrected chi connectivity index (χ0v) is 38.2. The van der Waals surface area contributed by atoms with E-state index in [2.05, 4.69) is 36.4 Å². The second-order valence-electron chi connectivity index (χ2n) is 19.5. The molecule has 0 N–H and O–H groups in total. The van der Waals surface area contributed by atoms with Gasteiger partial charge in [0.25, 0.3) is 0 Å². The zero-order valence-electron chi connectivity index (χ0n) is 36.2. The second kappa shape index (κ2) is 26.9. The Hall–Kier alpha value is -0.866. The first-order valence-corrected chi connectivity index (χ1v) is 30.6. The summed E-state index contributed by atoms with van der Waals surface area (Å²) < 4.78 is 0. The molecular weight excluding hydrogens is 681 g/mol. The molecule has 0 radical (unpaired) electrons. The van der Waals surface area contributed by atoms with Crippen LogP contribution in [0.25, 0.3) is 10.8 Å². The van der Waals surface area contributed by atoms with Gasteiger partial charge in [0.05, 0.1) is 16.1 Å². The molecule has 5 rings (SSSR count). The molecule has 3 aliphatic rings. The van der Waals surface area contributed by atoms with Gasteiger partial charge >= 0.3 is 0 Å². The van der Waals surface area contributed by atoms with Crippen molar-refractivity contribution in [2.75, 3.05) is 0 Å². The van der Waals surface area contributed by atoms with Crippen LogP contribution in [0.5, 0.6) is 0 Å². The Bertz CT molecular complexity index is 1060. The average molecular weight is 771 g/mol. The summed E-state index contributed by atoms with van der Waals surface area (Å²) in [6, 6.07) is 25.4. The summed E-state index contributed by atoms with van der Waals surface area (Å²) in [5, 5.41) is 7.39. The fourth-order valence-electron chi connectivity index (χ4n) is 11.9. The zero-order chi connectivity index (χ0) is 37.3. The summed E-state index contributed by atoms with van der Waals surface area (Å²) in [4.78, 5) is 0. The van der Waals surface area contributed by atoms with Crippen LogP contribution in [0.4, 0.5) is 0 Å². The molecule has 2 heteroatoms. The van der Waals surface area contributed by atoms with Crippen molar-refractivity contribution in [2.24, 2.45) is 0 Å². The maximum absolute atomic E-state index is 2.89. The Morgan fingerprint density at radius 3 is 0.556 bits per heavy atom. The molecule has 2 aromatic rings. The monoisotopic (exact) mass is 771 g/mol. The molecule has 54 heavy (non-hydrogen) atoms. The maximum atomic E-state index is 2.89. The minimum Gasteiger partial charge on any atom is -0.0625 e. The van der Waals surface area contributed by atoms with Crippen LogP contribution in [-0.2, 0) is 0 Å². The van der Waals surface area contributed by atoms with E-state index in [4.69, 9.17) is 0 Å². The molecular formula is C52H90Si2.